The van der Waals surface area contributed by atoms with Gasteiger partial charge in [-0.15, -0.1) is 0 Å². The van der Waals surface area contributed by atoms with E-state index in [1.54, 1.807) is 0 Å². The van der Waals surface area contributed by atoms with Crippen molar-refractivity contribution in [2.24, 2.45) is 5.92 Å². The quantitative estimate of drug-likeness (QED) is 0.502. The van der Waals surface area contributed by atoms with Gasteiger partial charge in [-0.05, 0) is 44.4 Å². The van der Waals surface area contributed by atoms with E-state index in [1.165, 1.54) is 12.8 Å². The smallest absolute Gasteiger partial charge is 0.315 e. The third-order valence-electron chi connectivity index (χ3n) is 5.57. The molecule has 5 N–H and O–H groups in total. The lowest BCUT2D eigenvalue weighted by molar-refractivity contribution is -0.121. The van der Waals surface area contributed by atoms with E-state index >= 15 is 0 Å². The fourth-order valence-corrected chi connectivity index (χ4v) is 4.09. The highest BCUT2D eigenvalue weighted by molar-refractivity contribution is 5.84. The molecule has 0 aromatic rings. The number of nitrogens with one attached hydrogen (secondary N) is 5. The summed E-state index contributed by atoms with van der Waals surface area (Å²) in [6.45, 7) is 0.480. The molecule has 0 aromatic carbocycles. The highest BCUT2D eigenvalue weighted by Crippen LogP contribution is 2.25. The summed E-state index contributed by atoms with van der Waals surface area (Å²) < 4.78 is 13.1. The van der Waals surface area contributed by atoms with E-state index in [0.717, 1.165) is 25.7 Å². The molecule has 8 heteroatoms. The van der Waals surface area contributed by atoms with Gasteiger partial charge in [-0.1, -0.05) is 12.8 Å². The summed E-state index contributed by atoms with van der Waals surface area (Å²) in [5, 5.41) is 15.0. The van der Waals surface area contributed by atoms with Crippen molar-refractivity contribution < 1.29 is 14.0 Å². The normalized spacial score (nSPS) is 34.8. The first-order chi connectivity index (χ1) is 12.1. The number of rotatable bonds is 5. The summed E-state index contributed by atoms with van der Waals surface area (Å²) in [7, 11) is 0. The second kappa shape index (κ2) is 8.80. The van der Waals surface area contributed by atoms with Crippen LogP contribution in [0.15, 0.2) is 0 Å². The summed E-state index contributed by atoms with van der Waals surface area (Å²) >= 11 is 0. The summed E-state index contributed by atoms with van der Waals surface area (Å²) in [5.74, 6) is 0.110. The van der Waals surface area contributed by atoms with Crippen LogP contribution in [0.2, 0.25) is 0 Å². The fraction of sp³-hybridized carbons (Fsp3) is 0.882. The highest BCUT2D eigenvalue weighted by Gasteiger charge is 2.34. The second-order valence-electron chi connectivity index (χ2n) is 7.51. The summed E-state index contributed by atoms with van der Waals surface area (Å²) in [5.41, 5.74) is 0. The van der Waals surface area contributed by atoms with Crippen molar-refractivity contribution in [2.45, 2.75) is 75.9 Å². The van der Waals surface area contributed by atoms with Gasteiger partial charge in [-0.2, -0.15) is 0 Å². The van der Waals surface area contributed by atoms with E-state index in [0.29, 0.717) is 37.4 Å². The Morgan fingerprint density at radius 2 is 1.56 bits per heavy atom. The van der Waals surface area contributed by atoms with Crippen molar-refractivity contribution in [2.75, 3.05) is 13.1 Å². The lowest BCUT2D eigenvalue weighted by atomic mass is 9.88. The molecule has 2 unspecified atom stereocenters. The van der Waals surface area contributed by atoms with E-state index in [2.05, 4.69) is 26.6 Å². The lowest BCUT2D eigenvalue weighted by Gasteiger charge is -2.24. The number of halogens is 1. The molecule has 142 valence electrons. The second-order valence-corrected chi connectivity index (χ2v) is 7.51. The lowest BCUT2D eigenvalue weighted by Crippen LogP contribution is -2.52. The maximum atomic E-state index is 13.1. The summed E-state index contributed by atoms with van der Waals surface area (Å²) in [6, 6.07) is 0.503. The molecule has 3 rings (SSSR count). The molecule has 7 nitrogen and oxygen atoms in total. The first-order valence-corrected chi connectivity index (χ1v) is 9.57. The topological polar surface area (TPSA) is 94.3 Å². The van der Waals surface area contributed by atoms with Crippen LogP contribution in [0.5, 0.6) is 0 Å². The van der Waals surface area contributed by atoms with Gasteiger partial charge in [0, 0.05) is 18.6 Å². The van der Waals surface area contributed by atoms with Crippen LogP contribution < -0.4 is 26.6 Å². The van der Waals surface area contributed by atoms with Crippen LogP contribution in [-0.4, -0.2) is 49.6 Å². The molecular formula is C17H30FN5O2. The van der Waals surface area contributed by atoms with Gasteiger partial charge in [-0.3, -0.25) is 15.4 Å². The van der Waals surface area contributed by atoms with Crippen LogP contribution in [0.25, 0.3) is 0 Å². The van der Waals surface area contributed by atoms with Crippen LogP contribution in [0.1, 0.15) is 51.4 Å². The predicted octanol–water partition coefficient (Wildman–Crippen LogP) is 0.718. The molecule has 25 heavy (non-hydrogen) atoms. The largest absolute Gasteiger partial charge is 0.338 e. The molecule has 0 radical (unpaired) electrons. The van der Waals surface area contributed by atoms with Crippen molar-refractivity contribution in [3.63, 3.8) is 0 Å². The van der Waals surface area contributed by atoms with E-state index < -0.39 is 6.17 Å². The molecular weight excluding hydrogens is 325 g/mol. The van der Waals surface area contributed by atoms with Crippen molar-refractivity contribution in [3.8, 4) is 0 Å². The molecule has 0 spiro atoms. The number of carbonyl (C=O) groups is 2. The number of urea groups is 1. The Hall–Kier alpha value is -1.41. The molecule has 3 aliphatic rings. The Morgan fingerprint density at radius 3 is 2.20 bits per heavy atom. The average molecular weight is 355 g/mol. The Bertz CT molecular complexity index is 456. The maximum absolute atomic E-state index is 13.1. The molecule has 0 bridgehead atoms. The van der Waals surface area contributed by atoms with Gasteiger partial charge in [0.15, 0.2) is 0 Å². The number of hydrogen-bond acceptors (Lipinski definition) is 4. The Morgan fingerprint density at radius 1 is 0.920 bits per heavy atom. The zero-order chi connectivity index (χ0) is 17.6. The van der Waals surface area contributed by atoms with Gasteiger partial charge >= 0.3 is 6.03 Å². The molecule has 2 aliphatic carbocycles. The molecule has 0 aromatic heterocycles. The third-order valence-corrected chi connectivity index (χ3v) is 5.57. The van der Waals surface area contributed by atoms with Gasteiger partial charge < -0.3 is 16.0 Å². The van der Waals surface area contributed by atoms with Crippen LogP contribution in [0, 0.1) is 5.92 Å². The third kappa shape index (κ3) is 5.54. The van der Waals surface area contributed by atoms with Crippen molar-refractivity contribution in [3.05, 3.63) is 0 Å². The Kier molecular flexibility index (Phi) is 6.47. The minimum absolute atomic E-state index is 0.0573. The van der Waals surface area contributed by atoms with Crippen molar-refractivity contribution in [1.82, 2.24) is 26.6 Å². The van der Waals surface area contributed by atoms with Gasteiger partial charge in [0.05, 0.1) is 6.54 Å². The van der Waals surface area contributed by atoms with Crippen molar-refractivity contribution in [1.29, 1.82) is 0 Å². The summed E-state index contributed by atoms with van der Waals surface area (Å²) in [6.07, 6.45) is 6.60. The van der Waals surface area contributed by atoms with Gasteiger partial charge in [0.1, 0.15) is 12.5 Å². The average Bonchev–Trinajstić information content (AvgIpc) is 3.01. The van der Waals surface area contributed by atoms with Crippen LogP contribution >= 0.6 is 0 Å². The first-order valence-electron chi connectivity index (χ1n) is 9.57. The van der Waals surface area contributed by atoms with E-state index in [4.69, 9.17) is 0 Å². The Labute approximate surface area is 148 Å². The summed E-state index contributed by atoms with van der Waals surface area (Å²) in [4.78, 5) is 23.8. The molecule has 3 amide bonds. The fourth-order valence-electron chi connectivity index (χ4n) is 4.09. The van der Waals surface area contributed by atoms with Crippen LogP contribution in [0.3, 0.4) is 0 Å². The molecule has 1 heterocycles. The maximum Gasteiger partial charge on any atom is 0.315 e. The molecule has 1 aliphatic heterocycles. The molecule has 1 saturated heterocycles. The van der Waals surface area contributed by atoms with E-state index in [9.17, 15) is 14.0 Å². The minimum atomic E-state index is -0.685. The standard InChI is InChI=1S/C17H30FN5O2/c18-12-7-5-11(6-8-12)9-19-17(25)20-10-15(24)23-16-21-13-3-1-2-4-14(13)22-16/h11-14,16,21-22H,1-10H2,(H,23,24)(H2,19,20,25). The van der Waals surface area contributed by atoms with Gasteiger partial charge in [0.25, 0.3) is 0 Å². The van der Waals surface area contributed by atoms with Crippen LogP contribution in [-0.2, 0) is 4.79 Å². The SMILES string of the molecule is O=C(CNC(=O)NCC1CCC(F)CC1)NC1NC2CCCCC2N1. The zero-order valence-corrected chi connectivity index (χ0v) is 14.7. The van der Waals surface area contributed by atoms with Gasteiger partial charge in [0.2, 0.25) is 5.91 Å². The number of hydrogen-bond donors (Lipinski definition) is 5. The minimum Gasteiger partial charge on any atom is -0.338 e. The Balaban J connectivity index is 1.27. The highest BCUT2D eigenvalue weighted by atomic mass is 19.1. The first kappa shape index (κ1) is 18.4. The monoisotopic (exact) mass is 355 g/mol. The molecule has 3 fully saturated rings. The zero-order valence-electron chi connectivity index (χ0n) is 14.7. The van der Waals surface area contributed by atoms with E-state index in [1.807, 2.05) is 0 Å². The predicted molar refractivity (Wildman–Crippen MR) is 92.5 cm³/mol. The van der Waals surface area contributed by atoms with Gasteiger partial charge in [-0.25, -0.2) is 9.18 Å². The van der Waals surface area contributed by atoms with Crippen molar-refractivity contribution >= 4 is 11.9 Å². The van der Waals surface area contributed by atoms with Crippen LogP contribution in [0.4, 0.5) is 9.18 Å². The number of carbonyl (C=O) groups excluding carboxylic acids is 2. The number of amides is 3. The molecule has 2 saturated carbocycles. The van der Waals surface area contributed by atoms with E-state index in [-0.39, 0.29) is 24.8 Å². The number of fused-ring (bicyclic) bond motifs is 1. The number of alkyl halides is 1. The molecule has 2 atom stereocenters.